The second kappa shape index (κ2) is 3.57. The maximum Gasteiger partial charge on any atom is 0.496 e. The van der Waals surface area contributed by atoms with Crippen molar-refractivity contribution in [3.8, 4) is 0 Å². The fraction of sp³-hybridized carbons (Fsp3) is 0.583. The Balaban J connectivity index is 2.64. The first-order chi connectivity index (χ1) is 9.78. The van der Waals surface area contributed by atoms with Crippen LogP contribution < -0.4 is 5.46 Å². The topological polar surface area (TPSA) is 31.4 Å². The number of rotatable bonds is 1. The molecule has 3 nitrogen and oxygen atoms in total. The highest BCUT2D eigenvalue weighted by atomic mass is 16.7. The summed E-state index contributed by atoms with van der Waals surface area (Å²) in [5.41, 5.74) is -1.94. The summed E-state index contributed by atoms with van der Waals surface area (Å²) in [5, 5.41) is 0. The summed E-state index contributed by atoms with van der Waals surface area (Å²) in [6.45, 7) is 4.59. The van der Waals surface area contributed by atoms with Crippen molar-refractivity contribution in [2.24, 2.45) is 0 Å². The van der Waals surface area contributed by atoms with Gasteiger partial charge in [0, 0.05) is 21.4 Å². The van der Waals surface area contributed by atoms with Crippen LogP contribution in [0.5, 0.6) is 0 Å². The molecule has 1 aliphatic rings. The summed E-state index contributed by atoms with van der Waals surface area (Å²) in [6, 6.07) is -0.845. The van der Waals surface area contributed by atoms with Crippen LogP contribution in [0.3, 0.4) is 0 Å². The van der Waals surface area contributed by atoms with Gasteiger partial charge in [0.1, 0.15) is 0 Å². The molecular formula is C12H18BNO2. The van der Waals surface area contributed by atoms with Crippen molar-refractivity contribution in [1.29, 1.82) is 0 Å². The second-order valence-electron chi connectivity index (χ2n) is 4.82. The lowest BCUT2D eigenvalue weighted by Gasteiger charge is -2.32. The third-order valence-corrected chi connectivity index (χ3v) is 3.16. The zero-order valence-electron chi connectivity index (χ0n) is 15.8. The van der Waals surface area contributed by atoms with Crippen molar-refractivity contribution >= 4 is 12.6 Å². The molecule has 16 heavy (non-hydrogen) atoms. The summed E-state index contributed by atoms with van der Waals surface area (Å²) in [7, 11) is -1.11. The lowest BCUT2D eigenvalue weighted by Crippen LogP contribution is -2.41. The number of hydrogen-bond acceptors (Lipinski definition) is 3. The normalized spacial score (nSPS) is 28.6. The molecule has 1 aromatic rings. The van der Waals surface area contributed by atoms with Crippen molar-refractivity contribution in [1.82, 2.24) is 4.98 Å². The van der Waals surface area contributed by atoms with E-state index in [1.165, 1.54) is 0 Å². The average Bonchev–Trinajstić information content (AvgIpc) is 2.53. The molecule has 0 saturated carbocycles. The molecule has 1 fully saturated rings. The van der Waals surface area contributed by atoms with Gasteiger partial charge >= 0.3 is 7.12 Å². The monoisotopic (exact) mass is 225 g/mol. The van der Waals surface area contributed by atoms with Gasteiger partial charge in [-0.3, -0.25) is 4.98 Å². The van der Waals surface area contributed by atoms with Crippen molar-refractivity contribution in [3.63, 3.8) is 0 Å². The molecule has 0 radical (unpaired) electrons. The fourth-order valence-corrected chi connectivity index (χ4v) is 1.43. The minimum Gasteiger partial charge on any atom is -0.399 e. The van der Waals surface area contributed by atoms with Crippen LogP contribution >= 0.6 is 0 Å². The molecule has 1 saturated heterocycles. The third-order valence-electron chi connectivity index (χ3n) is 3.16. The molecule has 0 spiro atoms. The summed E-state index contributed by atoms with van der Waals surface area (Å²) < 4.78 is 57.6. The highest BCUT2D eigenvalue weighted by Crippen LogP contribution is 2.36. The van der Waals surface area contributed by atoms with Gasteiger partial charge in [0.05, 0.1) is 15.3 Å². The van der Waals surface area contributed by atoms with E-state index in [1.807, 2.05) is 0 Å². The molecule has 1 aromatic heterocycles. The minimum atomic E-state index is -2.63. The van der Waals surface area contributed by atoms with Gasteiger partial charge < -0.3 is 9.31 Å². The number of pyridine rings is 1. The Morgan fingerprint density at radius 2 is 1.94 bits per heavy atom. The van der Waals surface area contributed by atoms with E-state index in [9.17, 15) is 0 Å². The molecule has 0 unspecified atom stereocenters. The van der Waals surface area contributed by atoms with Crippen LogP contribution in [0.1, 0.15) is 41.6 Å². The molecule has 4 heteroatoms. The van der Waals surface area contributed by atoms with Gasteiger partial charge in [0.2, 0.25) is 0 Å². The summed E-state index contributed by atoms with van der Waals surface area (Å²) in [5.74, 6) is 0. The third kappa shape index (κ3) is 1.76. The van der Waals surface area contributed by atoms with Gasteiger partial charge in [-0.2, -0.15) is 0 Å². The first-order valence-electron chi connectivity index (χ1n) is 8.12. The number of aryl methyl sites for hydroxylation is 1. The lowest BCUT2D eigenvalue weighted by molar-refractivity contribution is 0.00578. The Hall–Kier alpha value is -0.865. The van der Waals surface area contributed by atoms with Gasteiger partial charge in [-0.05, 0) is 40.6 Å². The quantitative estimate of drug-likeness (QED) is 0.681. The Morgan fingerprint density at radius 1 is 1.31 bits per heavy atom. The van der Waals surface area contributed by atoms with E-state index in [-0.39, 0.29) is 5.46 Å². The molecule has 0 bridgehead atoms. The van der Waals surface area contributed by atoms with Crippen LogP contribution in [0.25, 0.3) is 0 Å². The molecule has 2 heterocycles. The van der Waals surface area contributed by atoms with Crippen LogP contribution in [0, 0.1) is 6.85 Å². The van der Waals surface area contributed by atoms with E-state index in [0.29, 0.717) is 0 Å². The van der Waals surface area contributed by atoms with Crippen molar-refractivity contribution in [2.75, 3.05) is 0 Å². The van der Waals surface area contributed by atoms with Gasteiger partial charge in [-0.15, -0.1) is 0 Å². The van der Waals surface area contributed by atoms with E-state index in [1.54, 1.807) is 27.7 Å². The summed E-state index contributed by atoms with van der Waals surface area (Å²) >= 11 is 0. The van der Waals surface area contributed by atoms with Gasteiger partial charge in [-0.1, -0.05) is 6.04 Å². The number of aromatic nitrogens is 1. The van der Waals surface area contributed by atoms with Gasteiger partial charge in [0.25, 0.3) is 0 Å². The molecule has 0 atom stereocenters. The Labute approximate surface area is 106 Å². The highest BCUT2D eigenvalue weighted by Gasteiger charge is 2.52. The second-order valence-corrected chi connectivity index (χ2v) is 4.82. The van der Waals surface area contributed by atoms with E-state index in [2.05, 4.69) is 4.98 Å². The first kappa shape index (κ1) is 6.17. The van der Waals surface area contributed by atoms with Crippen molar-refractivity contribution in [2.45, 2.75) is 45.7 Å². The highest BCUT2D eigenvalue weighted by molar-refractivity contribution is 6.62. The smallest absolute Gasteiger partial charge is 0.399 e. The Bertz CT molecular complexity index is 601. The van der Waals surface area contributed by atoms with Crippen LogP contribution in [-0.4, -0.2) is 23.3 Å². The molecule has 0 N–H and O–H groups in total. The standard InChI is InChI=1S/C12H18BNO2/c1-9-10(7-6-8-14-9)13-15-11(2,3)12(4,5)16-13/h6-8H,1-5H3/i1D3,6D,7D,8D. The van der Waals surface area contributed by atoms with E-state index in [4.69, 9.17) is 17.5 Å². The lowest BCUT2D eigenvalue weighted by atomic mass is 9.78. The molecule has 1 aliphatic heterocycles. The summed E-state index contributed by atoms with van der Waals surface area (Å²) in [4.78, 5) is 3.68. The SMILES string of the molecule is [2H]c1nc(C([2H])([2H])[2H])c(B2OC(C)(C)C(C)(C)O2)c([2H])c1[2H]. The molecule has 86 valence electrons. The predicted octanol–water partition coefficient (Wildman–Crippen LogP) is 1.69. The number of hydrogen-bond donors (Lipinski definition) is 0. The van der Waals surface area contributed by atoms with Crippen LogP contribution in [0.4, 0.5) is 0 Å². The predicted molar refractivity (Wildman–Crippen MR) is 64.7 cm³/mol. The van der Waals surface area contributed by atoms with Crippen LogP contribution in [0.15, 0.2) is 18.3 Å². The molecule has 2 rings (SSSR count). The molecular weight excluding hydrogens is 201 g/mol. The van der Waals surface area contributed by atoms with Crippen molar-refractivity contribution in [3.05, 3.63) is 24.0 Å². The largest absolute Gasteiger partial charge is 0.496 e. The van der Waals surface area contributed by atoms with Crippen LogP contribution in [-0.2, 0) is 9.31 Å². The summed E-state index contributed by atoms with van der Waals surface area (Å²) in [6.07, 6.45) is -0.545. The van der Waals surface area contributed by atoms with Crippen molar-refractivity contribution < 1.29 is 17.5 Å². The average molecular weight is 225 g/mol. The zero-order valence-corrected chi connectivity index (χ0v) is 9.84. The fourth-order valence-electron chi connectivity index (χ4n) is 1.43. The molecule has 0 aromatic carbocycles. The van der Waals surface area contributed by atoms with E-state index < -0.39 is 49.1 Å². The maximum atomic E-state index is 8.02. The van der Waals surface area contributed by atoms with Gasteiger partial charge in [0.15, 0.2) is 0 Å². The zero-order chi connectivity index (χ0) is 17.1. The maximum absolute atomic E-state index is 8.02. The van der Waals surface area contributed by atoms with E-state index >= 15 is 0 Å². The number of nitrogens with zero attached hydrogens (tertiary/aromatic N) is 1. The van der Waals surface area contributed by atoms with E-state index in [0.717, 1.165) is 0 Å². The Morgan fingerprint density at radius 3 is 2.50 bits per heavy atom. The molecule has 0 amide bonds. The van der Waals surface area contributed by atoms with Crippen LogP contribution in [0.2, 0.25) is 0 Å². The Kier molecular flexibility index (Phi) is 1.38. The molecule has 0 aliphatic carbocycles. The first-order valence-corrected chi connectivity index (χ1v) is 5.12. The minimum absolute atomic E-state index is 0.0975. The van der Waals surface area contributed by atoms with Gasteiger partial charge in [-0.25, -0.2) is 0 Å².